The molecule has 1 N–H and O–H groups in total. The number of amides is 2. The Balaban J connectivity index is 2.49. The fourth-order valence-electron chi connectivity index (χ4n) is 3.37. The first-order valence-electron chi connectivity index (χ1n) is 10.2. The zero-order chi connectivity index (χ0) is 25.7. The maximum Gasteiger partial charge on any atom is 0.417 e. The maximum absolute atomic E-state index is 13.3. The summed E-state index contributed by atoms with van der Waals surface area (Å²) in [5.74, 6) is -1.21. The topological polar surface area (TPSA) is 86.8 Å². The molecule has 0 aromatic heterocycles. The fraction of sp³-hybridized carbons (Fsp3) is 0.364. The van der Waals surface area contributed by atoms with Crippen LogP contribution in [0.4, 0.5) is 18.9 Å². The second-order valence-electron chi connectivity index (χ2n) is 7.48. The molecule has 0 bridgehead atoms. The third-order valence-electron chi connectivity index (χ3n) is 5.05. The van der Waals surface area contributed by atoms with Crippen LogP contribution in [0.3, 0.4) is 0 Å². The number of carbonyl (C=O) groups is 2. The van der Waals surface area contributed by atoms with Crippen molar-refractivity contribution in [1.29, 1.82) is 0 Å². The first kappa shape index (κ1) is 27.5. The van der Waals surface area contributed by atoms with Crippen LogP contribution in [-0.2, 0) is 32.3 Å². The summed E-state index contributed by atoms with van der Waals surface area (Å²) < 4.78 is 65.5. The van der Waals surface area contributed by atoms with E-state index >= 15 is 0 Å². The zero-order valence-corrected chi connectivity index (χ0v) is 20.3. The van der Waals surface area contributed by atoms with Crippen molar-refractivity contribution >= 4 is 39.1 Å². The number of anilines is 1. The van der Waals surface area contributed by atoms with Gasteiger partial charge >= 0.3 is 6.18 Å². The van der Waals surface area contributed by atoms with Gasteiger partial charge in [0, 0.05) is 13.6 Å². The number of rotatable bonds is 9. The van der Waals surface area contributed by atoms with Crippen LogP contribution in [0, 0.1) is 0 Å². The van der Waals surface area contributed by atoms with Gasteiger partial charge in [0.1, 0.15) is 12.6 Å². The van der Waals surface area contributed by atoms with Crippen molar-refractivity contribution in [2.24, 2.45) is 0 Å². The SMILES string of the molecule is CC[C@H](C(=O)NC)N(Cc1ccccc1)C(=O)CN(c1ccc(Cl)c(C(F)(F)F)c1)S(C)(=O)=O. The molecule has 2 aromatic rings. The highest BCUT2D eigenvalue weighted by molar-refractivity contribution is 7.92. The molecular weight excluding hydrogens is 495 g/mol. The zero-order valence-electron chi connectivity index (χ0n) is 18.8. The number of sulfonamides is 1. The lowest BCUT2D eigenvalue weighted by Crippen LogP contribution is -2.51. The van der Waals surface area contributed by atoms with Crippen molar-refractivity contribution in [3.63, 3.8) is 0 Å². The van der Waals surface area contributed by atoms with Gasteiger partial charge in [0.2, 0.25) is 21.8 Å². The number of likely N-dealkylation sites (N-methyl/N-ethyl adjacent to an activating group) is 1. The molecule has 0 aliphatic heterocycles. The number of halogens is 4. The predicted molar refractivity (Wildman–Crippen MR) is 124 cm³/mol. The van der Waals surface area contributed by atoms with Crippen LogP contribution in [-0.4, -0.2) is 51.0 Å². The van der Waals surface area contributed by atoms with E-state index in [-0.39, 0.29) is 18.7 Å². The molecule has 7 nitrogen and oxygen atoms in total. The van der Waals surface area contributed by atoms with Crippen molar-refractivity contribution in [3.8, 4) is 0 Å². The van der Waals surface area contributed by atoms with E-state index in [1.807, 2.05) is 0 Å². The minimum Gasteiger partial charge on any atom is -0.357 e. The summed E-state index contributed by atoms with van der Waals surface area (Å²) in [7, 11) is -2.77. The summed E-state index contributed by atoms with van der Waals surface area (Å²) in [5, 5.41) is 1.87. The Morgan fingerprint density at radius 1 is 1.12 bits per heavy atom. The highest BCUT2D eigenvalue weighted by Crippen LogP contribution is 2.37. The largest absolute Gasteiger partial charge is 0.417 e. The first-order chi connectivity index (χ1) is 15.8. The van der Waals surface area contributed by atoms with Gasteiger partial charge < -0.3 is 10.2 Å². The average molecular weight is 520 g/mol. The van der Waals surface area contributed by atoms with Gasteiger partial charge in [-0.3, -0.25) is 13.9 Å². The molecule has 0 aliphatic carbocycles. The van der Waals surface area contributed by atoms with Crippen LogP contribution in [0.5, 0.6) is 0 Å². The molecule has 0 heterocycles. The molecule has 0 radical (unpaired) electrons. The molecule has 12 heteroatoms. The lowest BCUT2D eigenvalue weighted by molar-refractivity contribution is -0.140. The molecule has 0 saturated heterocycles. The lowest BCUT2D eigenvalue weighted by atomic mass is 10.1. The van der Waals surface area contributed by atoms with Gasteiger partial charge in [-0.25, -0.2) is 8.42 Å². The molecule has 2 rings (SSSR count). The van der Waals surface area contributed by atoms with Gasteiger partial charge in [-0.2, -0.15) is 13.2 Å². The second-order valence-corrected chi connectivity index (χ2v) is 9.79. The molecule has 0 fully saturated rings. The molecule has 0 aliphatic rings. The van der Waals surface area contributed by atoms with Crippen molar-refractivity contribution in [3.05, 3.63) is 64.7 Å². The predicted octanol–water partition coefficient (Wildman–Crippen LogP) is 3.68. The summed E-state index contributed by atoms with van der Waals surface area (Å²) in [5.41, 5.74) is -0.916. The van der Waals surface area contributed by atoms with E-state index in [0.717, 1.165) is 18.4 Å². The molecule has 2 aromatic carbocycles. The van der Waals surface area contributed by atoms with Crippen molar-refractivity contribution < 1.29 is 31.2 Å². The van der Waals surface area contributed by atoms with E-state index in [2.05, 4.69) is 5.32 Å². The Kier molecular flexibility index (Phi) is 8.96. The second kappa shape index (κ2) is 11.1. The van der Waals surface area contributed by atoms with Crippen LogP contribution in [0.2, 0.25) is 5.02 Å². The van der Waals surface area contributed by atoms with E-state index in [9.17, 15) is 31.2 Å². The third-order valence-corrected chi connectivity index (χ3v) is 6.52. The maximum atomic E-state index is 13.3. The monoisotopic (exact) mass is 519 g/mol. The van der Waals surface area contributed by atoms with Crippen LogP contribution in [0.25, 0.3) is 0 Å². The van der Waals surface area contributed by atoms with Gasteiger partial charge in [-0.1, -0.05) is 48.9 Å². The standard InChI is InChI=1S/C22H25ClF3N3O4S/c1-4-19(21(31)27-2)28(13-15-8-6-5-7-9-15)20(30)14-29(34(3,32)33)16-10-11-18(23)17(12-16)22(24,25)26/h5-12,19H,4,13-14H2,1-3H3,(H,27,31)/t19-/m1/s1. The van der Waals surface area contributed by atoms with Crippen LogP contribution < -0.4 is 9.62 Å². The normalized spacial score (nSPS) is 12.7. The summed E-state index contributed by atoms with van der Waals surface area (Å²) >= 11 is 5.65. The number of nitrogens with one attached hydrogen (secondary N) is 1. The molecule has 186 valence electrons. The highest BCUT2D eigenvalue weighted by Gasteiger charge is 2.36. The van der Waals surface area contributed by atoms with Gasteiger partial charge in [0.05, 0.1) is 22.5 Å². The van der Waals surface area contributed by atoms with Crippen molar-refractivity contribution in [1.82, 2.24) is 10.2 Å². The lowest BCUT2D eigenvalue weighted by Gasteiger charge is -2.32. The Labute approximate surface area is 201 Å². The van der Waals surface area contributed by atoms with Crippen molar-refractivity contribution in [2.75, 3.05) is 24.2 Å². The molecule has 0 saturated carbocycles. The average Bonchev–Trinajstić information content (AvgIpc) is 2.76. The quantitative estimate of drug-likeness (QED) is 0.547. The number of carbonyl (C=O) groups excluding carboxylic acids is 2. The smallest absolute Gasteiger partial charge is 0.357 e. The number of alkyl halides is 3. The number of nitrogens with zero attached hydrogens (tertiary/aromatic N) is 2. The van der Waals surface area contributed by atoms with Crippen molar-refractivity contribution in [2.45, 2.75) is 32.1 Å². The Morgan fingerprint density at radius 2 is 1.74 bits per heavy atom. The van der Waals surface area contributed by atoms with Crippen LogP contribution in [0.1, 0.15) is 24.5 Å². The summed E-state index contributed by atoms with van der Waals surface area (Å²) in [6.45, 7) is 0.879. The number of hydrogen-bond acceptors (Lipinski definition) is 4. The molecule has 34 heavy (non-hydrogen) atoms. The van der Waals surface area contributed by atoms with Gasteiger partial charge in [-0.05, 0) is 30.2 Å². The Bertz CT molecular complexity index is 1130. The number of hydrogen-bond donors (Lipinski definition) is 1. The minimum absolute atomic E-state index is 0.00236. The van der Waals surface area contributed by atoms with Gasteiger partial charge in [-0.15, -0.1) is 0 Å². The van der Waals surface area contributed by atoms with E-state index < -0.39 is 51.2 Å². The van der Waals surface area contributed by atoms with Gasteiger partial charge in [0.15, 0.2) is 0 Å². The highest BCUT2D eigenvalue weighted by atomic mass is 35.5. The minimum atomic E-state index is -4.83. The molecule has 1 atom stereocenters. The summed E-state index contributed by atoms with van der Waals surface area (Å²) in [4.78, 5) is 27.0. The summed E-state index contributed by atoms with van der Waals surface area (Å²) in [6, 6.07) is 10.4. The van der Waals surface area contributed by atoms with Crippen LogP contribution in [0.15, 0.2) is 48.5 Å². The Morgan fingerprint density at radius 3 is 2.24 bits per heavy atom. The summed E-state index contributed by atoms with van der Waals surface area (Å²) in [6.07, 6.45) is -3.82. The fourth-order valence-corrected chi connectivity index (χ4v) is 4.43. The molecule has 0 unspecified atom stereocenters. The molecular formula is C22H25ClF3N3O4S. The van der Waals surface area contributed by atoms with E-state index in [4.69, 9.17) is 11.6 Å². The van der Waals surface area contributed by atoms with Gasteiger partial charge in [0.25, 0.3) is 0 Å². The van der Waals surface area contributed by atoms with Crippen LogP contribution >= 0.6 is 11.6 Å². The van der Waals surface area contributed by atoms with E-state index in [1.165, 1.54) is 11.9 Å². The molecule has 0 spiro atoms. The number of benzene rings is 2. The first-order valence-corrected chi connectivity index (χ1v) is 12.4. The third kappa shape index (κ3) is 6.86. The Hall–Kier alpha value is -2.79. The molecule has 2 amide bonds. The van der Waals surface area contributed by atoms with E-state index in [0.29, 0.717) is 15.9 Å². The van der Waals surface area contributed by atoms with E-state index in [1.54, 1.807) is 37.3 Å².